The zero-order valence-electron chi connectivity index (χ0n) is 13.7. The number of carbonyl (C=O) groups excluding carboxylic acids is 1. The van der Waals surface area contributed by atoms with Crippen LogP contribution < -0.4 is 5.32 Å². The normalized spacial score (nSPS) is 22.0. The average Bonchev–Trinajstić information content (AvgIpc) is 2.79. The first-order chi connectivity index (χ1) is 10.5. The van der Waals surface area contributed by atoms with Crippen molar-refractivity contribution in [2.24, 2.45) is 0 Å². The van der Waals surface area contributed by atoms with Crippen LogP contribution in [0.2, 0.25) is 0 Å². The molecule has 122 valence electrons. The summed E-state index contributed by atoms with van der Waals surface area (Å²) >= 11 is 0. The first-order valence-electron chi connectivity index (χ1n) is 8.32. The van der Waals surface area contributed by atoms with Gasteiger partial charge < -0.3 is 10.2 Å². The van der Waals surface area contributed by atoms with E-state index in [-0.39, 0.29) is 7.33 Å². The zero-order chi connectivity index (χ0) is 15.9. The van der Waals surface area contributed by atoms with Gasteiger partial charge in [-0.05, 0) is 69.5 Å². The summed E-state index contributed by atoms with van der Waals surface area (Å²) in [5.74, 6) is 0.0926. The lowest BCUT2D eigenvalue weighted by atomic mass is 9.73. The van der Waals surface area contributed by atoms with Crippen LogP contribution in [-0.4, -0.2) is 29.9 Å². The van der Waals surface area contributed by atoms with Crippen LogP contribution in [0.5, 0.6) is 0 Å². The summed E-state index contributed by atoms with van der Waals surface area (Å²) in [6.07, 6.45) is 1.15. The summed E-state index contributed by atoms with van der Waals surface area (Å²) in [7, 11) is 0. The maximum Gasteiger partial charge on any atom is 0.235 e. The molecule has 22 heavy (non-hydrogen) atoms. The van der Waals surface area contributed by atoms with Gasteiger partial charge in [0.05, 0.1) is 5.41 Å². The molecular weight excluding hydrogens is 279 g/mol. The number of alkyl halides is 1. The van der Waals surface area contributed by atoms with E-state index in [9.17, 15) is 9.18 Å². The second-order valence-corrected chi connectivity index (χ2v) is 6.85. The van der Waals surface area contributed by atoms with Crippen molar-refractivity contribution in [1.29, 1.82) is 0 Å². The smallest absolute Gasteiger partial charge is 0.235 e. The summed E-state index contributed by atoms with van der Waals surface area (Å²) in [4.78, 5) is 15.0. The van der Waals surface area contributed by atoms with Crippen molar-refractivity contribution in [2.75, 3.05) is 18.4 Å². The Kier molecular flexibility index (Phi) is 3.98. The van der Waals surface area contributed by atoms with Crippen LogP contribution in [0.25, 0.3) is 0 Å². The highest BCUT2D eigenvalue weighted by Gasteiger charge is 2.48. The van der Waals surface area contributed by atoms with Crippen LogP contribution in [0.1, 0.15) is 58.8 Å². The number of rotatable bonds is 3. The van der Waals surface area contributed by atoms with Gasteiger partial charge in [-0.2, -0.15) is 0 Å². The van der Waals surface area contributed by atoms with E-state index >= 15 is 0 Å². The molecule has 1 fully saturated rings. The molecule has 2 aliphatic heterocycles. The fourth-order valence-corrected chi connectivity index (χ4v) is 3.78. The first kappa shape index (κ1) is 15.5. The second-order valence-electron chi connectivity index (χ2n) is 6.85. The molecule has 1 N–H and O–H groups in total. The number of anilines is 1. The molecule has 1 aromatic carbocycles. The minimum atomic E-state index is -0.950. The molecule has 1 spiro atoms. The molecule has 2 heterocycles. The van der Waals surface area contributed by atoms with E-state index in [1.165, 1.54) is 0 Å². The van der Waals surface area contributed by atoms with E-state index in [0.29, 0.717) is 18.0 Å². The van der Waals surface area contributed by atoms with E-state index in [0.717, 1.165) is 37.2 Å². The molecule has 1 amide bonds. The van der Waals surface area contributed by atoms with Gasteiger partial charge in [-0.1, -0.05) is 13.0 Å². The van der Waals surface area contributed by atoms with Gasteiger partial charge in [-0.15, -0.1) is 0 Å². The minimum Gasteiger partial charge on any atom is -0.325 e. The highest BCUT2D eigenvalue weighted by Crippen LogP contribution is 2.46. The van der Waals surface area contributed by atoms with Gasteiger partial charge in [0.25, 0.3) is 0 Å². The Hall–Kier alpha value is -1.42. The fraction of sp³-hybridized carbons (Fsp3) is 0.611. The number of carbonyl (C=O) groups is 1. The summed E-state index contributed by atoms with van der Waals surface area (Å²) in [6.45, 7) is 8.06. The lowest BCUT2D eigenvalue weighted by molar-refractivity contribution is -0.122. The SMILES string of the molecule is CCC(F)c1ccc2c(c1)C1(CCN(C(C)C)CC1)C(=O)N2.[HH]. The van der Waals surface area contributed by atoms with Gasteiger partial charge in [-0.3, -0.25) is 4.79 Å². The monoisotopic (exact) mass is 306 g/mol. The Labute approximate surface area is 133 Å². The number of benzene rings is 1. The molecular formula is C18H27FN2O. The molecule has 1 atom stereocenters. The number of amides is 1. The van der Waals surface area contributed by atoms with Crippen molar-refractivity contribution >= 4 is 11.6 Å². The third-order valence-corrected chi connectivity index (χ3v) is 5.34. The van der Waals surface area contributed by atoms with Gasteiger partial charge in [-0.25, -0.2) is 4.39 Å². The molecule has 4 heteroatoms. The van der Waals surface area contributed by atoms with E-state index in [1.807, 2.05) is 19.1 Å². The van der Waals surface area contributed by atoms with Crippen molar-refractivity contribution in [3.63, 3.8) is 0 Å². The Morgan fingerprint density at radius 1 is 1.36 bits per heavy atom. The summed E-state index contributed by atoms with van der Waals surface area (Å²) in [5.41, 5.74) is 2.12. The third kappa shape index (κ3) is 2.34. The highest BCUT2D eigenvalue weighted by atomic mass is 19.1. The third-order valence-electron chi connectivity index (χ3n) is 5.34. The van der Waals surface area contributed by atoms with Crippen molar-refractivity contribution in [2.45, 2.75) is 57.7 Å². The maximum atomic E-state index is 14.0. The molecule has 0 bridgehead atoms. The molecule has 0 saturated carbocycles. The number of nitrogens with one attached hydrogen (secondary N) is 1. The first-order valence-corrected chi connectivity index (χ1v) is 8.32. The molecule has 0 radical (unpaired) electrons. The van der Waals surface area contributed by atoms with Gasteiger partial charge in [0.15, 0.2) is 0 Å². The molecule has 1 aromatic rings. The summed E-state index contributed by atoms with van der Waals surface area (Å²) in [6, 6.07) is 6.10. The van der Waals surface area contributed by atoms with Crippen LogP contribution >= 0.6 is 0 Å². The summed E-state index contributed by atoms with van der Waals surface area (Å²) < 4.78 is 14.0. The fourth-order valence-electron chi connectivity index (χ4n) is 3.78. The Morgan fingerprint density at radius 3 is 2.64 bits per heavy atom. The van der Waals surface area contributed by atoms with Crippen LogP contribution in [-0.2, 0) is 10.2 Å². The predicted octanol–water partition coefficient (Wildman–Crippen LogP) is 4.05. The number of piperidine rings is 1. The Bertz CT molecular complexity index is 582. The van der Waals surface area contributed by atoms with Crippen molar-refractivity contribution in [3.05, 3.63) is 29.3 Å². The number of hydrogen-bond donors (Lipinski definition) is 1. The maximum absolute atomic E-state index is 14.0. The molecule has 2 aliphatic rings. The molecule has 3 rings (SSSR count). The van der Waals surface area contributed by atoms with E-state index in [2.05, 4.69) is 24.1 Å². The van der Waals surface area contributed by atoms with Crippen LogP contribution in [0, 0.1) is 0 Å². The number of nitrogens with zero attached hydrogens (tertiary/aromatic N) is 1. The van der Waals surface area contributed by atoms with Crippen molar-refractivity contribution < 1.29 is 10.6 Å². The molecule has 3 nitrogen and oxygen atoms in total. The van der Waals surface area contributed by atoms with Crippen LogP contribution in [0.15, 0.2) is 18.2 Å². The standard InChI is InChI=1S/C18H25FN2O.H2/c1-4-15(19)13-5-6-16-14(11-13)18(17(22)20-16)7-9-21(10-8-18)12(2)3;/h5-6,11-12,15H,4,7-10H2,1-3H3,(H,20,22);1H. The van der Waals surface area contributed by atoms with Gasteiger partial charge in [0.1, 0.15) is 6.17 Å². The van der Waals surface area contributed by atoms with Crippen molar-refractivity contribution in [1.82, 2.24) is 4.90 Å². The number of halogens is 1. The Morgan fingerprint density at radius 2 is 2.05 bits per heavy atom. The number of fused-ring (bicyclic) bond motifs is 2. The van der Waals surface area contributed by atoms with E-state index < -0.39 is 11.6 Å². The quantitative estimate of drug-likeness (QED) is 0.914. The molecule has 1 saturated heterocycles. The molecule has 0 aliphatic carbocycles. The highest BCUT2D eigenvalue weighted by molar-refractivity contribution is 6.06. The average molecular weight is 306 g/mol. The topological polar surface area (TPSA) is 32.3 Å². The molecule has 1 unspecified atom stereocenters. The van der Waals surface area contributed by atoms with Crippen LogP contribution in [0.4, 0.5) is 10.1 Å². The van der Waals surface area contributed by atoms with Crippen LogP contribution in [0.3, 0.4) is 0 Å². The van der Waals surface area contributed by atoms with E-state index in [1.54, 1.807) is 6.07 Å². The molecule has 0 aromatic heterocycles. The van der Waals surface area contributed by atoms with Crippen molar-refractivity contribution in [3.8, 4) is 0 Å². The largest absolute Gasteiger partial charge is 0.325 e. The van der Waals surface area contributed by atoms with Gasteiger partial charge >= 0.3 is 0 Å². The summed E-state index contributed by atoms with van der Waals surface area (Å²) in [5, 5.41) is 3.01. The minimum absolute atomic E-state index is 0. The second kappa shape index (κ2) is 5.65. The lowest BCUT2D eigenvalue weighted by Crippen LogP contribution is -2.48. The van der Waals surface area contributed by atoms with Gasteiger partial charge in [0.2, 0.25) is 5.91 Å². The Balaban J connectivity index is 0.00000192. The number of hydrogen-bond acceptors (Lipinski definition) is 2. The predicted molar refractivity (Wildman–Crippen MR) is 88.9 cm³/mol. The van der Waals surface area contributed by atoms with E-state index in [4.69, 9.17) is 0 Å². The lowest BCUT2D eigenvalue weighted by Gasteiger charge is -2.40. The number of likely N-dealkylation sites (tertiary alicyclic amines) is 1. The van der Waals surface area contributed by atoms with Gasteiger partial charge in [0, 0.05) is 13.2 Å². The zero-order valence-corrected chi connectivity index (χ0v) is 13.7.